The van der Waals surface area contributed by atoms with E-state index < -0.39 is 37.9 Å². The first kappa shape index (κ1) is 20.5. The quantitative estimate of drug-likeness (QED) is 0.355. The Morgan fingerprint density at radius 1 is 0.762 bits per heavy atom. The molecule has 0 aliphatic carbocycles. The number of hydrogen-bond donors (Lipinski definition) is 0. The molecule has 0 aliphatic rings. The molecule has 0 aromatic heterocycles. The largest absolute Gasteiger partial charge is 0.527 e. The number of alkyl halides is 10. The maximum absolute atomic E-state index is 12.8. The zero-order valence-electron chi connectivity index (χ0n) is 9.83. The van der Waals surface area contributed by atoms with Crippen molar-refractivity contribution in [3.63, 3.8) is 0 Å². The molecule has 0 rings (SSSR count). The van der Waals surface area contributed by atoms with Crippen molar-refractivity contribution < 1.29 is 53.7 Å². The topological polar surface area (TPSA) is 27.7 Å². The zero-order valence-corrected chi connectivity index (χ0v) is 10.6. The van der Waals surface area contributed by atoms with Gasteiger partial charge >= 0.3 is 24.7 Å². The first-order valence-corrected chi connectivity index (χ1v) is 5.50. The van der Waals surface area contributed by atoms with Crippen LogP contribution in [0.25, 0.3) is 0 Å². The lowest BCUT2D eigenvalue weighted by molar-refractivity contribution is -0.530. The Labute approximate surface area is 116 Å². The summed E-state index contributed by atoms with van der Waals surface area (Å²) in [4.78, 5) is 0. The maximum atomic E-state index is 12.8. The van der Waals surface area contributed by atoms with Gasteiger partial charge in [-0.15, -0.1) is 24.8 Å². The third kappa shape index (κ3) is 7.93. The molecule has 0 unspecified atom stereocenters. The SMILES string of the molecule is FC(F)(F)OC(F)(F)C(F)(F)OC(F)(F)COCCCCl. The molecule has 0 heterocycles. The van der Waals surface area contributed by atoms with E-state index in [1.807, 2.05) is 0 Å². The normalized spacial score (nSPS) is 14.6. The van der Waals surface area contributed by atoms with Crippen LogP contribution in [0.1, 0.15) is 6.42 Å². The molecule has 0 bridgehead atoms. The average molecular weight is 359 g/mol. The standard InChI is InChI=1S/C8H8ClF9O3/c9-2-1-3-19-4-5(10,11)20-6(12,13)7(14,15)21-8(16,17)18/h1-4H2. The fourth-order valence-electron chi connectivity index (χ4n) is 0.829. The minimum atomic E-state index is -6.36. The molecule has 0 saturated carbocycles. The van der Waals surface area contributed by atoms with Crippen molar-refractivity contribution >= 4 is 11.6 Å². The molecule has 0 fully saturated rings. The van der Waals surface area contributed by atoms with Crippen molar-refractivity contribution in [2.24, 2.45) is 0 Å². The first-order chi connectivity index (χ1) is 9.22. The van der Waals surface area contributed by atoms with E-state index >= 15 is 0 Å². The Balaban J connectivity index is 4.68. The summed E-state index contributed by atoms with van der Waals surface area (Å²) in [5, 5.41) is 0. The molecule has 13 heteroatoms. The third-order valence-corrected chi connectivity index (χ3v) is 1.82. The molecule has 0 spiro atoms. The zero-order chi connectivity index (χ0) is 16.9. The highest BCUT2D eigenvalue weighted by molar-refractivity contribution is 6.17. The van der Waals surface area contributed by atoms with Crippen molar-refractivity contribution in [2.75, 3.05) is 19.1 Å². The van der Waals surface area contributed by atoms with Crippen LogP contribution in [0.15, 0.2) is 0 Å². The summed E-state index contributed by atoms with van der Waals surface area (Å²) in [6.07, 6.45) is -23.7. The smallest absolute Gasteiger partial charge is 0.372 e. The fraction of sp³-hybridized carbons (Fsp3) is 1.00. The lowest BCUT2D eigenvalue weighted by Gasteiger charge is -2.29. The van der Waals surface area contributed by atoms with Gasteiger partial charge < -0.3 is 4.74 Å². The maximum Gasteiger partial charge on any atom is 0.527 e. The number of ether oxygens (including phenoxy) is 3. The lowest BCUT2D eigenvalue weighted by Crippen LogP contribution is -2.51. The third-order valence-electron chi connectivity index (χ3n) is 1.55. The molecule has 21 heavy (non-hydrogen) atoms. The van der Waals surface area contributed by atoms with Gasteiger partial charge in [-0.25, -0.2) is 9.47 Å². The van der Waals surface area contributed by atoms with E-state index in [2.05, 4.69) is 9.47 Å². The highest BCUT2D eigenvalue weighted by atomic mass is 35.5. The van der Waals surface area contributed by atoms with E-state index in [1.54, 1.807) is 4.74 Å². The van der Waals surface area contributed by atoms with E-state index in [1.165, 1.54) is 0 Å². The van der Waals surface area contributed by atoms with E-state index in [9.17, 15) is 39.5 Å². The van der Waals surface area contributed by atoms with Crippen molar-refractivity contribution in [1.82, 2.24) is 0 Å². The van der Waals surface area contributed by atoms with Gasteiger partial charge in [0, 0.05) is 12.5 Å². The number of rotatable bonds is 9. The predicted molar refractivity (Wildman–Crippen MR) is 49.2 cm³/mol. The second kappa shape index (κ2) is 7.20. The van der Waals surface area contributed by atoms with Gasteiger partial charge in [-0.05, 0) is 6.42 Å². The molecule has 3 nitrogen and oxygen atoms in total. The van der Waals surface area contributed by atoms with Gasteiger partial charge in [0.15, 0.2) is 0 Å². The second-order valence-corrected chi connectivity index (χ2v) is 3.79. The van der Waals surface area contributed by atoms with Crippen LogP contribution in [0, 0.1) is 0 Å². The van der Waals surface area contributed by atoms with Crippen molar-refractivity contribution in [1.29, 1.82) is 0 Å². The molecular formula is C8H8ClF9O3. The highest BCUT2D eigenvalue weighted by Crippen LogP contribution is 2.43. The fourth-order valence-corrected chi connectivity index (χ4v) is 0.938. The van der Waals surface area contributed by atoms with Crippen LogP contribution >= 0.6 is 11.6 Å². The molecule has 0 radical (unpaired) electrons. The van der Waals surface area contributed by atoms with Crippen molar-refractivity contribution in [3.8, 4) is 0 Å². The number of halogens is 10. The van der Waals surface area contributed by atoms with Crippen LogP contribution in [0.5, 0.6) is 0 Å². The molecule has 0 aliphatic heterocycles. The average Bonchev–Trinajstić information content (AvgIpc) is 2.19. The molecule has 0 aromatic carbocycles. The lowest BCUT2D eigenvalue weighted by atomic mass is 10.5. The van der Waals surface area contributed by atoms with Gasteiger partial charge in [-0.3, -0.25) is 0 Å². The minimum Gasteiger partial charge on any atom is -0.372 e. The van der Waals surface area contributed by atoms with Gasteiger partial charge in [0.1, 0.15) is 6.61 Å². The summed E-state index contributed by atoms with van der Waals surface area (Å²) in [6.45, 7) is -2.31. The van der Waals surface area contributed by atoms with Crippen LogP contribution in [0.3, 0.4) is 0 Å². The van der Waals surface area contributed by atoms with Gasteiger partial charge in [0.05, 0.1) is 0 Å². The van der Waals surface area contributed by atoms with Crippen LogP contribution in [-0.2, 0) is 14.2 Å². The Morgan fingerprint density at radius 2 is 1.24 bits per heavy atom. The summed E-state index contributed by atoms with van der Waals surface area (Å²) in [5.74, 6) is -0.0138. The molecule has 0 aromatic rings. The molecule has 0 N–H and O–H groups in total. The highest BCUT2D eigenvalue weighted by Gasteiger charge is 2.67. The summed E-state index contributed by atoms with van der Waals surface area (Å²) in [6, 6.07) is 0. The van der Waals surface area contributed by atoms with Crippen LogP contribution in [0.4, 0.5) is 39.5 Å². The Hall–Kier alpha value is -0.460. The van der Waals surface area contributed by atoms with E-state index in [0.717, 1.165) is 0 Å². The first-order valence-electron chi connectivity index (χ1n) is 4.97. The Bertz CT molecular complexity index is 321. The minimum absolute atomic E-state index is 0.0138. The van der Waals surface area contributed by atoms with E-state index in [4.69, 9.17) is 11.6 Å². The van der Waals surface area contributed by atoms with Crippen molar-refractivity contribution in [3.05, 3.63) is 0 Å². The van der Waals surface area contributed by atoms with E-state index in [0.29, 0.717) is 0 Å². The molecule has 0 saturated heterocycles. The Morgan fingerprint density at radius 3 is 1.67 bits per heavy atom. The summed E-state index contributed by atoms with van der Waals surface area (Å²) >= 11 is 5.14. The van der Waals surface area contributed by atoms with Gasteiger partial charge in [-0.1, -0.05) is 0 Å². The van der Waals surface area contributed by atoms with Gasteiger partial charge in [-0.2, -0.15) is 26.3 Å². The summed E-state index contributed by atoms with van der Waals surface area (Å²) in [5.41, 5.74) is 0. The summed E-state index contributed by atoms with van der Waals surface area (Å²) < 4.78 is 119. The number of hydrogen-bond acceptors (Lipinski definition) is 3. The molecular weight excluding hydrogens is 351 g/mol. The van der Waals surface area contributed by atoms with Gasteiger partial charge in [0.25, 0.3) is 0 Å². The van der Waals surface area contributed by atoms with Crippen molar-refractivity contribution in [2.45, 2.75) is 31.1 Å². The second-order valence-electron chi connectivity index (χ2n) is 3.42. The van der Waals surface area contributed by atoms with Crippen LogP contribution in [0.2, 0.25) is 0 Å². The molecule has 0 amide bonds. The molecule has 0 atom stereocenters. The Kier molecular flexibility index (Phi) is 7.04. The van der Waals surface area contributed by atoms with Crippen LogP contribution < -0.4 is 0 Å². The monoisotopic (exact) mass is 358 g/mol. The molecule has 128 valence electrons. The van der Waals surface area contributed by atoms with Gasteiger partial charge in [0.2, 0.25) is 0 Å². The predicted octanol–water partition coefficient (Wildman–Crippen LogP) is 3.96. The van der Waals surface area contributed by atoms with E-state index in [-0.39, 0.29) is 12.3 Å². The van der Waals surface area contributed by atoms with Crippen LogP contribution in [-0.4, -0.2) is 43.8 Å². The summed E-state index contributed by atoms with van der Waals surface area (Å²) in [7, 11) is 0.